The summed E-state index contributed by atoms with van der Waals surface area (Å²) in [5.74, 6) is 0. The molecular formula is C8H14ClF2N. The molecule has 0 saturated heterocycles. The lowest BCUT2D eigenvalue weighted by atomic mass is 9.67. The van der Waals surface area contributed by atoms with Crippen LogP contribution in [0.1, 0.15) is 20.3 Å². The first kappa shape index (κ1) is 10.2. The summed E-state index contributed by atoms with van der Waals surface area (Å²) >= 11 is 5.92. The second kappa shape index (κ2) is 3.46. The molecule has 0 aliphatic heterocycles. The maximum absolute atomic E-state index is 11.8. The zero-order chi connectivity index (χ0) is 9.35. The molecule has 72 valence electrons. The van der Waals surface area contributed by atoms with Gasteiger partial charge in [-0.05, 0) is 11.8 Å². The standard InChI is InChI=1S/C8H14ClF2N/c1-8(2)5(9)3-6(8)12-4-7(10)11/h5-7,12H,3-4H2,1-2H3. The highest BCUT2D eigenvalue weighted by molar-refractivity contribution is 6.21. The van der Waals surface area contributed by atoms with E-state index in [0.29, 0.717) is 0 Å². The molecule has 0 aromatic heterocycles. The molecule has 4 heteroatoms. The molecule has 2 unspecified atom stereocenters. The van der Waals surface area contributed by atoms with E-state index in [9.17, 15) is 8.78 Å². The lowest BCUT2D eigenvalue weighted by Crippen LogP contribution is -2.58. The van der Waals surface area contributed by atoms with Gasteiger partial charge in [-0.2, -0.15) is 0 Å². The monoisotopic (exact) mass is 197 g/mol. The lowest BCUT2D eigenvalue weighted by Gasteiger charge is -2.49. The van der Waals surface area contributed by atoms with Gasteiger partial charge in [0, 0.05) is 11.4 Å². The van der Waals surface area contributed by atoms with Crippen LogP contribution >= 0.6 is 11.6 Å². The van der Waals surface area contributed by atoms with Gasteiger partial charge in [0.25, 0.3) is 6.43 Å². The number of nitrogens with one attached hydrogen (secondary N) is 1. The summed E-state index contributed by atoms with van der Waals surface area (Å²) in [7, 11) is 0. The van der Waals surface area contributed by atoms with Crippen LogP contribution in [-0.4, -0.2) is 24.4 Å². The van der Waals surface area contributed by atoms with Gasteiger partial charge in [-0.1, -0.05) is 13.8 Å². The zero-order valence-electron chi connectivity index (χ0n) is 7.28. The van der Waals surface area contributed by atoms with Gasteiger partial charge in [-0.25, -0.2) is 8.78 Å². The van der Waals surface area contributed by atoms with Crippen molar-refractivity contribution >= 4 is 11.6 Å². The molecule has 1 rings (SSSR count). The van der Waals surface area contributed by atoms with Gasteiger partial charge in [0.05, 0.1) is 6.54 Å². The molecule has 2 atom stereocenters. The smallest absolute Gasteiger partial charge is 0.250 e. The zero-order valence-corrected chi connectivity index (χ0v) is 8.04. The highest BCUT2D eigenvalue weighted by Gasteiger charge is 2.46. The van der Waals surface area contributed by atoms with Gasteiger partial charge in [0.1, 0.15) is 0 Å². The molecular weight excluding hydrogens is 184 g/mol. The van der Waals surface area contributed by atoms with Crippen molar-refractivity contribution in [1.82, 2.24) is 5.32 Å². The topological polar surface area (TPSA) is 12.0 Å². The van der Waals surface area contributed by atoms with E-state index >= 15 is 0 Å². The van der Waals surface area contributed by atoms with Crippen molar-refractivity contribution in [2.24, 2.45) is 5.41 Å². The van der Waals surface area contributed by atoms with E-state index in [1.165, 1.54) is 0 Å². The van der Waals surface area contributed by atoms with E-state index in [-0.39, 0.29) is 23.4 Å². The minimum Gasteiger partial charge on any atom is -0.308 e. The molecule has 0 heterocycles. The van der Waals surface area contributed by atoms with Crippen LogP contribution in [0.3, 0.4) is 0 Å². The van der Waals surface area contributed by atoms with Gasteiger partial charge < -0.3 is 5.32 Å². The predicted molar refractivity (Wildman–Crippen MR) is 45.8 cm³/mol. The molecule has 0 radical (unpaired) electrons. The van der Waals surface area contributed by atoms with E-state index in [1.807, 2.05) is 13.8 Å². The molecule has 1 fully saturated rings. The molecule has 1 aliphatic rings. The third-order valence-electron chi connectivity index (χ3n) is 2.67. The average molecular weight is 198 g/mol. The third kappa shape index (κ3) is 1.88. The molecule has 1 saturated carbocycles. The van der Waals surface area contributed by atoms with Gasteiger partial charge in [0.15, 0.2) is 0 Å². The minimum atomic E-state index is -2.27. The minimum absolute atomic E-state index is 0.0452. The highest BCUT2D eigenvalue weighted by Crippen LogP contribution is 2.44. The van der Waals surface area contributed by atoms with Crippen LogP contribution in [0.5, 0.6) is 0 Å². The Labute approximate surface area is 76.5 Å². The first-order valence-electron chi connectivity index (χ1n) is 4.10. The van der Waals surface area contributed by atoms with Crippen LogP contribution in [0.4, 0.5) is 8.78 Å². The second-order valence-corrected chi connectivity index (χ2v) is 4.40. The number of rotatable bonds is 3. The quantitative estimate of drug-likeness (QED) is 0.685. The number of halogens is 3. The Kier molecular flexibility index (Phi) is 2.94. The molecule has 1 nitrogen and oxygen atoms in total. The van der Waals surface area contributed by atoms with Crippen LogP contribution in [0, 0.1) is 5.41 Å². The third-order valence-corrected chi connectivity index (χ3v) is 3.41. The van der Waals surface area contributed by atoms with Gasteiger partial charge in [0.2, 0.25) is 0 Å². The van der Waals surface area contributed by atoms with Crippen LogP contribution in [-0.2, 0) is 0 Å². The molecule has 1 aliphatic carbocycles. The lowest BCUT2D eigenvalue weighted by molar-refractivity contribution is 0.0821. The van der Waals surface area contributed by atoms with E-state index in [4.69, 9.17) is 11.6 Å². The highest BCUT2D eigenvalue weighted by atomic mass is 35.5. The van der Waals surface area contributed by atoms with E-state index in [1.54, 1.807) is 0 Å². The Bertz CT molecular complexity index is 161. The van der Waals surface area contributed by atoms with Crippen LogP contribution < -0.4 is 5.32 Å². The van der Waals surface area contributed by atoms with Crippen LogP contribution in [0.25, 0.3) is 0 Å². The summed E-state index contributed by atoms with van der Waals surface area (Å²) in [4.78, 5) is 0. The van der Waals surface area contributed by atoms with Gasteiger partial charge >= 0.3 is 0 Å². The second-order valence-electron chi connectivity index (χ2n) is 3.88. The van der Waals surface area contributed by atoms with Crippen LogP contribution in [0.2, 0.25) is 0 Å². The van der Waals surface area contributed by atoms with Crippen LogP contribution in [0.15, 0.2) is 0 Å². The van der Waals surface area contributed by atoms with Crippen molar-refractivity contribution in [3.05, 3.63) is 0 Å². The Balaban J connectivity index is 2.28. The first-order valence-corrected chi connectivity index (χ1v) is 4.54. The molecule has 0 amide bonds. The maximum Gasteiger partial charge on any atom is 0.250 e. The fraction of sp³-hybridized carbons (Fsp3) is 1.00. The fourth-order valence-electron chi connectivity index (χ4n) is 1.45. The van der Waals surface area contributed by atoms with Crippen molar-refractivity contribution in [2.75, 3.05) is 6.54 Å². The number of hydrogen-bond donors (Lipinski definition) is 1. The number of hydrogen-bond acceptors (Lipinski definition) is 1. The Morgan fingerprint density at radius 3 is 2.50 bits per heavy atom. The Morgan fingerprint density at radius 1 is 1.58 bits per heavy atom. The van der Waals surface area contributed by atoms with Gasteiger partial charge in [-0.3, -0.25) is 0 Å². The first-order chi connectivity index (χ1) is 5.44. The largest absolute Gasteiger partial charge is 0.308 e. The van der Waals surface area contributed by atoms with Crippen molar-refractivity contribution in [1.29, 1.82) is 0 Å². The number of alkyl halides is 3. The summed E-state index contributed by atoms with van der Waals surface area (Å²) in [5.41, 5.74) is -0.0452. The molecule has 12 heavy (non-hydrogen) atoms. The van der Waals surface area contributed by atoms with Crippen molar-refractivity contribution in [2.45, 2.75) is 38.1 Å². The Morgan fingerprint density at radius 2 is 2.17 bits per heavy atom. The summed E-state index contributed by atoms with van der Waals surface area (Å²) in [6.07, 6.45) is -1.48. The summed E-state index contributed by atoms with van der Waals surface area (Å²) in [5, 5.41) is 2.92. The van der Waals surface area contributed by atoms with Crippen molar-refractivity contribution in [3.63, 3.8) is 0 Å². The maximum atomic E-state index is 11.8. The molecule has 1 N–H and O–H groups in total. The molecule has 0 bridgehead atoms. The average Bonchev–Trinajstić information content (AvgIpc) is 1.97. The van der Waals surface area contributed by atoms with E-state index in [0.717, 1.165) is 6.42 Å². The van der Waals surface area contributed by atoms with E-state index in [2.05, 4.69) is 5.32 Å². The molecule has 0 aromatic carbocycles. The summed E-state index contributed by atoms with van der Waals surface area (Å²) < 4.78 is 23.6. The summed E-state index contributed by atoms with van der Waals surface area (Å²) in [6, 6.07) is 0.147. The predicted octanol–water partition coefficient (Wildman–Crippen LogP) is 2.25. The van der Waals surface area contributed by atoms with E-state index < -0.39 is 6.43 Å². The van der Waals surface area contributed by atoms with Crippen molar-refractivity contribution < 1.29 is 8.78 Å². The summed E-state index contributed by atoms with van der Waals surface area (Å²) in [6.45, 7) is 3.77. The normalized spacial score (nSPS) is 33.5. The SMILES string of the molecule is CC1(C)C(Cl)CC1NCC(F)F. The molecule has 0 aromatic rings. The van der Waals surface area contributed by atoms with Gasteiger partial charge in [-0.15, -0.1) is 11.6 Å². The fourth-order valence-corrected chi connectivity index (χ4v) is 1.78. The Hall–Kier alpha value is 0.110. The van der Waals surface area contributed by atoms with Crippen molar-refractivity contribution in [3.8, 4) is 0 Å². The molecule has 0 spiro atoms.